The van der Waals surface area contributed by atoms with Crippen molar-refractivity contribution in [3.05, 3.63) is 34.4 Å². The summed E-state index contributed by atoms with van der Waals surface area (Å²) < 4.78 is 13.5. The third-order valence-electron chi connectivity index (χ3n) is 3.81. The van der Waals surface area contributed by atoms with Crippen molar-refractivity contribution in [2.75, 3.05) is 32.9 Å². The predicted octanol–water partition coefficient (Wildman–Crippen LogP) is 2.95. The van der Waals surface area contributed by atoms with E-state index in [1.165, 1.54) is 22.3 Å². The zero-order valence-electron chi connectivity index (χ0n) is 12.0. The molecule has 1 aliphatic heterocycles. The Morgan fingerprint density at radius 3 is 2.16 bits per heavy atom. The fourth-order valence-corrected chi connectivity index (χ4v) is 3.07. The minimum atomic E-state index is -0.301. The summed E-state index contributed by atoms with van der Waals surface area (Å²) in [5.41, 5.74) is 4.87. The first-order valence-electron chi connectivity index (χ1n) is 6.72. The van der Waals surface area contributed by atoms with Crippen LogP contribution < -0.4 is 5.32 Å². The number of halogens is 2. The highest BCUT2D eigenvalue weighted by Gasteiger charge is 2.24. The van der Waals surface area contributed by atoms with Gasteiger partial charge in [-0.1, -0.05) is 17.7 Å². The third-order valence-corrected chi connectivity index (χ3v) is 3.81. The molecule has 2 nitrogen and oxygen atoms in total. The summed E-state index contributed by atoms with van der Waals surface area (Å²) in [4.78, 5) is 2.27. The van der Waals surface area contributed by atoms with Crippen LogP contribution in [0.3, 0.4) is 0 Å². The molecule has 0 bridgehead atoms. The molecule has 2 rings (SSSR count). The van der Waals surface area contributed by atoms with Gasteiger partial charge in [-0.25, -0.2) is 4.39 Å². The van der Waals surface area contributed by atoms with Crippen molar-refractivity contribution in [1.82, 2.24) is 10.2 Å². The first-order valence-corrected chi connectivity index (χ1v) is 6.72. The summed E-state index contributed by atoms with van der Waals surface area (Å²) >= 11 is 0. The fourth-order valence-electron chi connectivity index (χ4n) is 3.07. The van der Waals surface area contributed by atoms with Crippen LogP contribution in [0.2, 0.25) is 0 Å². The van der Waals surface area contributed by atoms with Crippen LogP contribution in [-0.4, -0.2) is 37.8 Å². The Labute approximate surface area is 121 Å². The van der Waals surface area contributed by atoms with Gasteiger partial charge in [-0.05, 0) is 37.5 Å². The average Bonchev–Trinajstić information content (AvgIpc) is 2.34. The number of alkyl halides is 1. The lowest BCUT2D eigenvalue weighted by atomic mass is 9.93. The van der Waals surface area contributed by atoms with Crippen LogP contribution in [0, 0.1) is 20.8 Å². The van der Waals surface area contributed by atoms with Gasteiger partial charge in [0.1, 0.15) is 6.67 Å². The molecule has 1 aromatic rings. The first kappa shape index (κ1) is 16.4. The van der Waals surface area contributed by atoms with Crippen LogP contribution in [0.1, 0.15) is 28.3 Å². The molecule has 0 aromatic heterocycles. The first-order chi connectivity index (χ1) is 8.63. The van der Waals surface area contributed by atoms with Crippen molar-refractivity contribution in [1.29, 1.82) is 0 Å². The lowest BCUT2D eigenvalue weighted by molar-refractivity contribution is 0.146. The molecule has 1 saturated heterocycles. The molecule has 0 unspecified atom stereocenters. The van der Waals surface area contributed by atoms with E-state index in [0.29, 0.717) is 0 Å². The second-order valence-corrected chi connectivity index (χ2v) is 5.27. The number of hydrogen-bond donors (Lipinski definition) is 1. The Morgan fingerprint density at radius 2 is 1.68 bits per heavy atom. The summed E-state index contributed by atoms with van der Waals surface area (Å²) in [6.45, 7) is 9.77. The highest BCUT2D eigenvalue weighted by molar-refractivity contribution is 5.85. The molecule has 1 aromatic carbocycles. The Hall–Kier alpha value is -0.640. The van der Waals surface area contributed by atoms with Crippen molar-refractivity contribution in [3.63, 3.8) is 0 Å². The molecule has 0 aliphatic carbocycles. The van der Waals surface area contributed by atoms with Crippen LogP contribution in [0.25, 0.3) is 0 Å². The lowest BCUT2D eigenvalue weighted by Gasteiger charge is -2.35. The summed E-state index contributed by atoms with van der Waals surface area (Å²) in [6, 6.07) is 4.24. The highest BCUT2D eigenvalue weighted by Crippen LogP contribution is 2.28. The molecular formula is C15H24ClFN2. The van der Waals surface area contributed by atoms with Crippen molar-refractivity contribution in [2.45, 2.75) is 26.8 Å². The molecule has 1 fully saturated rings. The molecule has 4 heteroatoms. The summed E-state index contributed by atoms with van der Waals surface area (Å²) in [7, 11) is 0. The van der Waals surface area contributed by atoms with Crippen LogP contribution in [-0.2, 0) is 0 Å². The van der Waals surface area contributed by atoms with Gasteiger partial charge in [0.05, 0.1) is 6.04 Å². The highest BCUT2D eigenvalue weighted by atomic mass is 35.5. The largest absolute Gasteiger partial charge is 0.314 e. The van der Waals surface area contributed by atoms with Crippen molar-refractivity contribution >= 4 is 12.4 Å². The number of hydrogen-bond acceptors (Lipinski definition) is 2. The molecule has 19 heavy (non-hydrogen) atoms. The molecule has 0 saturated carbocycles. The van der Waals surface area contributed by atoms with Crippen molar-refractivity contribution in [2.24, 2.45) is 0 Å². The Morgan fingerprint density at radius 1 is 1.16 bits per heavy atom. The van der Waals surface area contributed by atoms with Gasteiger partial charge in [0.15, 0.2) is 0 Å². The van der Waals surface area contributed by atoms with Gasteiger partial charge in [-0.2, -0.15) is 0 Å². The third kappa shape index (κ3) is 3.68. The number of nitrogens with one attached hydrogen (secondary N) is 1. The van der Waals surface area contributed by atoms with E-state index in [1.54, 1.807) is 0 Å². The minimum absolute atomic E-state index is 0. The number of piperazine rings is 1. The second kappa shape index (κ2) is 7.22. The fraction of sp³-hybridized carbons (Fsp3) is 0.600. The predicted molar refractivity (Wildman–Crippen MR) is 81.1 cm³/mol. The molecule has 1 N–H and O–H groups in total. The van der Waals surface area contributed by atoms with E-state index in [-0.39, 0.29) is 25.1 Å². The molecule has 0 radical (unpaired) electrons. The summed E-state index contributed by atoms with van der Waals surface area (Å²) in [6.07, 6.45) is 0. The summed E-state index contributed by atoms with van der Waals surface area (Å²) in [5.74, 6) is 0. The minimum Gasteiger partial charge on any atom is -0.314 e. The zero-order valence-corrected chi connectivity index (χ0v) is 12.8. The van der Waals surface area contributed by atoms with E-state index in [9.17, 15) is 4.39 Å². The van der Waals surface area contributed by atoms with Crippen LogP contribution in [0.15, 0.2) is 12.1 Å². The normalized spacial score (nSPS) is 17.9. The van der Waals surface area contributed by atoms with Crippen molar-refractivity contribution in [3.8, 4) is 0 Å². The number of nitrogens with zero attached hydrogens (tertiary/aromatic N) is 1. The van der Waals surface area contributed by atoms with E-state index in [1.807, 2.05) is 0 Å². The van der Waals surface area contributed by atoms with Crippen LogP contribution >= 0.6 is 12.4 Å². The zero-order chi connectivity index (χ0) is 13.1. The molecule has 1 heterocycles. The maximum absolute atomic E-state index is 13.5. The molecule has 108 valence electrons. The Balaban J connectivity index is 0.00000180. The molecule has 1 aliphatic rings. The monoisotopic (exact) mass is 286 g/mol. The Kier molecular flexibility index (Phi) is 6.24. The number of rotatable bonds is 3. The van der Waals surface area contributed by atoms with Crippen LogP contribution in [0.4, 0.5) is 4.39 Å². The standard InChI is InChI=1S/C15H23FN2.ClH/c1-11-8-12(2)15(13(3)9-11)14(10-16)18-6-4-17-5-7-18;/h8-9,14,17H,4-7,10H2,1-3H3;1H/t14-;/m0./s1. The quantitative estimate of drug-likeness (QED) is 0.919. The van der Waals surface area contributed by atoms with Gasteiger partial charge < -0.3 is 5.32 Å². The summed E-state index contributed by atoms with van der Waals surface area (Å²) in [5, 5.41) is 3.32. The maximum Gasteiger partial charge on any atom is 0.109 e. The number of benzene rings is 1. The van der Waals surface area contributed by atoms with E-state index in [4.69, 9.17) is 0 Å². The van der Waals surface area contributed by atoms with Gasteiger partial charge in [-0.15, -0.1) is 12.4 Å². The van der Waals surface area contributed by atoms with Crippen molar-refractivity contribution < 1.29 is 4.39 Å². The average molecular weight is 287 g/mol. The molecule has 1 atom stereocenters. The van der Waals surface area contributed by atoms with E-state index in [2.05, 4.69) is 43.1 Å². The molecule has 0 amide bonds. The van der Waals surface area contributed by atoms with Gasteiger partial charge in [0.25, 0.3) is 0 Å². The van der Waals surface area contributed by atoms with Gasteiger partial charge in [-0.3, -0.25) is 4.90 Å². The topological polar surface area (TPSA) is 15.3 Å². The van der Waals surface area contributed by atoms with E-state index < -0.39 is 0 Å². The van der Waals surface area contributed by atoms with Gasteiger partial charge in [0.2, 0.25) is 0 Å². The molecular weight excluding hydrogens is 263 g/mol. The van der Waals surface area contributed by atoms with Gasteiger partial charge >= 0.3 is 0 Å². The lowest BCUT2D eigenvalue weighted by Crippen LogP contribution is -2.46. The van der Waals surface area contributed by atoms with Crippen LogP contribution in [0.5, 0.6) is 0 Å². The molecule has 0 spiro atoms. The number of aryl methyl sites for hydroxylation is 3. The van der Waals surface area contributed by atoms with E-state index >= 15 is 0 Å². The van der Waals surface area contributed by atoms with Gasteiger partial charge in [0, 0.05) is 26.2 Å². The maximum atomic E-state index is 13.5. The Bertz CT molecular complexity index is 394. The van der Waals surface area contributed by atoms with E-state index in [0.717, 1.165) is 26.2 Å². The second-order valence-electron chi connectivity index (χ2n) is 5.27. The smallest absolute Gasteiger partial charge is 0.109 e. The SMILES string of the molecule is Cc1cc(C)c([C@H](CF)N2CCNCC2)c(C)c1.Cl.